The van der Waals surface area contributed by atoms with E-state index in [9.17, 15) is 33.1 Å². The fourth-order valence-electron chi connectivity index (χ4n) is 2.71. The van der Waals surface area contributed by atoms with Crippen LogP contribution in [0.2, 0.25) is 0 Å². The van der Waals surface area contributed by atoms with E-state index in [1.807, 2.05) is 0 Å². The number of aromatic nitrogens is 1. The Balaban J connectivity index is 2.28. The highest BCUT2D eigenvalue weighted by Crippen LogP contribution is 2.26. The van der Waals surface area contributed by atoms with Crippen LogP contribution in [0.5, 0.6) is 0 Å². The second kappa shape index (κ2) is 10.2. The van der Waals surface area contributed by atoms with Crippen LogP contribution in [0.25, 0.3) is 0 Å². The van der Waals surface area contributed by atoms with Gasteiger partial charge in [0.2, 0.25) is 18.0 Å². The molecule has 2 unspecified atom stereocenters. The van der Waals surface area contributed by atoms with Crippen LogP contribution in [-0.4, -0.2) is 47.1 Å². The van der Waals surface area contributed by atoms with Gasteiger partial charge in [-0.25, -0.2) is 19.0 Å². The number of methoxy groups -OCH3 is 1. The molecule has 0 aliphatic carbocycles. The number of nitrogens with two attached hydrogens (primary N) is 1. The number of halogens is 2. The number of nitrogens with zero attached hydrogens (tertiary/aromatic N) is 1. The number of ether oxygens (including phenoxy) is 2. The standard InChI is InChI=1S/C20H17F2N2O7/c1-30-20(29)11-4-2-10(3-5-11)14(9-16(23)25)18(19(27)28)31-17(26)8-13-6-12(21)7-15(22)24-13/h2-7,9,14,18H,8H2,1H3,(H2,23,25)(H,27,28). The van der Waals surface area contributed by atoms with Gasteiger partial charge in [0.05, 0.1) is 31.2 Å². The van der Waals surface area contributed by atoms with Gasteiger partial charge in [-0.05, 0) is 23.8 Å². The molecule has 3 N–H and O–H groups in total. The molecule has 0 bridgehead atoms. The summed E-state index contributed by atoms with van der Waals surface area (Å²) in [6, 6.07) is 6.61. The molecule has 1 heterocycles. The zero-order chi connectivity index (χ0) is 23.1. The number of carbonyl (C=O) groups is 4. The summed E-state index contributed by atoms with van der Waals surface area (Å²) in [5.74, 6) is -7.84. The Kier molecular flexibility index (Phi) is 7.72. The number of rotatable bonds is 9. The van der Waals surface area contributed by atoms with Gasteiger partial charge in [-0.15, -0.1) is 0 Å². The molecular weight excluding hydrogens is 418 g/mol. The highest BCUT2D eigenvalue weighted by atomic mass is 19.1. The summed E-state index contributed by atoms with van der Waals surface area (Å²) < 4.78 is 36.0. The maximum atomic E-state index is 13.3. The third-order valence-electron chi connectivity index (χ3n) is 4.03. The van der Waals surface area contributed by atoms with Crippen molar-refractivity contribution < 1.29 is 42.5 Å². The van der Waals surface area contributed by atoms with Gasteiger partial charge in [-0.3, -0.25) is 9.59 Å². The first-order chi connectivity index (χ1) is 14.6. The Morgan fingerprint density at radius 1 is 1.16 bits per heavy atom. The van der Waals surface area contributed by atoms with Crippen LogP contribution >= 0.6 is 0 Å². The number of carboxylic acids is 1. The molecule has 31 heavy (non-hydrogen) atoms. The van der Waals surface area contributed by atoms with Gasteiger partial charge < -0.3 is 20.3 Å². The summed E-state index contributed by atoms with van der Waals surface area (Å²) in [5, 5.41) is 9.54. The second-order valence-electron chi connectivity index (χ2n) is 6.23. The van der Waals surface area contributed by atoms with E-state index in [1.54, 1.807) is 0 Å². The van der Waals surface area contributed by atoms with Crippen molar-refractivity contribution in [1.29, 1.82) is 0 Å². The summed E-state index contributed by atoms with van der Waals surface area (Å²) in [7, 11) is 1.18. The van der Waals surface area contributed by atoms with Crippen LogP contribution in [0.3, 0.4) is 0 Å². The smallest absolute Gasteiger partial charge is 0.345 e. The monoisotopic (exact) mass is 435 g/mol. The summed E-state index contributed by atoms with van der Waals surface area (Å²) in [4.78, 5) is 50.3. The molecule has 0 aliphatic rings. The van der Waals surface area contributed by atoms with Crippen LogP contribution in [0, 0.1) is 18.2 Å². The second-order valence-corrected chi connectivity index (χ2v) is 6.23. The number of esters is 2. The number of hydrogen-bond acceptors (Lipinski definition) is 7. The van der Waals surface area contributed by atoms with E-state index < -0.39 is 54.0 Å². The Morgan fingerprint density at radius 3 is 2.32 bits per heavy atom. The summed E-state index contributed by atoms with van der Waals surface area (Å²) >= 11 is 0. The fourth-order valence-corrected chi connectivity index (χ4v) is 2.71. The number of pyridine rings is 1. The van der Waals surface area contributed by atoms with Crippen molar-refractivity contribution in [2.45, 2.75) is 18.4 Å². The lowest BCUT2D eigenvalue weighted by Gasteiger charge is -2.23. The van der Waals surface area contributed by atoms with Gasteiger partial charge >= 0.3 is 17.9 Å². The van der Waals surface area contributed by atoms with E-state index in [0.29, 0.717) is 6.07 Å². The quantitative estimate of drug-likeness (QED) is 0.441. The molecule has 1 amide bonds. The number of hydrogen-bond donors (Lipinski definition) is 2. The maximum absolute atomic E-state index is 13.3. The first-order valence-corrected chi connectivity index (χ1v) is 8.67. The van der Waals surface area contributed by atoms with E-state index in [1.165, 1.54) is 31.4 Å². The highest BCUT2D eigenvalue weighted by molar-refractivity contribution is 5.90. The average molecular weight is 435 g/mol. The molecule has 2 atom stereocenters. The molecule has 0 saturated heterocycles. The van der Waals surface area contributed by atoms with Crippen molar-refractivity contribution in [2.75, 3.05) is 7.11 Å². The van der Waals surface area contributed by atoms with Crippen molar-refractivity contribution in [3.8, 4) is 0 Å². The molecule has 9 nitrogen and oxygen atoms in total. The van der Waals surface area contributed by atoms with Crippen molar-refractivity contribution in [3.05, 3.63) is 71.4 Å². The predicted octanol–water partition coefficient (Wildman–Crippen LogP) is 1.16. The van der Waals surface area contributed by atoms with Crippen molar-refractivity contribution in [3.63, 3.8) is 0 Å². The Labute approximate surface area is 174 Å². The summed E-state index contributed by atoms with van der Waals surface area (Å²) in [5.41, 5.74) is 5.20. The maximum Gasteiger partial charge on any atom is 0.345 e. The van der Waals surface area contributed by atoms with Crippen LogP contribution in [0.4, 0.5) is 8.78 Å². The lowest BCUT2D eigenvalue weighted by atomic mass is 9.89. The number of carboxylic acid groups (broad SMARTS) is 1. The summed E-state index contributed by atoms with van der Waals surface area (Å²) in [6.45, 7) is 0. The molecule has 0 spiro atoms. The van der Waals surface area contributed by atoms with E-state index in [2.05, 4.69) is 9.72 Å². The predicted molar refractivity (Wildman–Crippen MR) is 99.4 cm³/mol. The van der Waals surface area contributed by atoms with Crippen LogP contribution < -0.4 is 5.73 Å². The van der Waals surface area contributed by atoms with Gasteiger partial charge in [-0.2, -0.15) is 4.39 Å². The zero-order valence-corrected chi connectivity index (χ0v) is 16.1. The van der Waals surface area contributed by atoms with Crippen LogP contribution in [0.1, 0.15) is 27.5 Å². The van der Waals surface area contributed by atoms with Gasteiger partial charge in [0, 0.05) is 12.0 Å². The molecule has 2 rings (SSSR count). The summed E-state index contributed by atoms with van der Waals surface area (Å²) in [6.07, 6.45) is -1.79. The average Bonchev–Trinajstić information content (AvgIpc) is 2.69. The van der Waals surface area contributed by atoms with E-state index in [0.717, 1.165) is 12.5 Å². The molecule has 1 radical (unpaired) electrons. The molecule has 2 aromatic rings. The zero-order valence-electron chi connectivity index (χ0n) is 16.1. The molecule has 0 saturated carbocycles. The molecule has 0 fully saturated rings. The van der Waals surface area contributed by atoms with Crippen LogP contribution in [-0.2, 0) is 30.3 Å². The van der Waals surface area contributed by atoms with Gasteiger partial charge in [0.1, 0.15) is 5.82 Å². The lowest BCUT2D eigenvalue weighted by molar-refractivity contribution is -0.164. The minimum atomic E-state index is -1.90. The number of primary amides is 1. The Morgan fingerprint density at radius 2 is 1.81 bits per heavy atom. The van der Waals surface area contributed by atoms with E-state index in [-0.39, 0.29) is 16.8 Å². The molecular formula is C20H17F2N2O7. The van der Waals surface area contributed by atoms with Crippen molar-refractivity contribution >= 4 is 23.8 Å². The fraction of sp³-hybridized carbons (Fsp3) is 0.200. The minimum absolute atomic E-state index is 0.159. The topological polar surface area (TPSA) is 146 Å². The third kappa shape index (κ3) is 6.56. The molecule has 1 aromatic heterocycles. The van der Waals surface area contributed by atoms with E-state index >= 15 is 0 Å². The lowest BCUT2D eigenvalue weighted by Crippen LogP contribution is -2.36. The highest BCUT2D eigenvalue weighted by Gasteiger charge is 2.35. The SMILES string of the molecule is COC(=O)c1ccc(C([CH]C(N)=O)C(OC(=O)Cc2cc(F)cc(F)n2)C(=O)O)cc1. The molecule has 0 aliphatic heterocycles. The van der Waals surface area contributed by atoms with Crippen molar-refractivity contribution in [1.82, 2.24) is 4.98 Å². The number of amides is 1. The molecule has 1 aromatic carbocycles. The van der Waals surface area contributed by atoms with Gasteiger partial charge in [0.15, 0.2) is 0 Å². The third-order valence-corrected chi connectivity index (χ3v) is 4.03. The molecule has 163 valence electrons. The Bertz CT molecular complexity index is 975. The normalized spacial score (nSPS) is 12.5. The number of aliphatic carboxylic acids is 1. The largest absolute Gasteiger partial charge is 0.478 e. The van der Waals surface area contributed by atoms with Crippen LogP contribution in [0.15, 0.2) is 36.4 Å². The first kappa shape index (κ1) is 23.4. The minimum Gasteiger partial charge on any atom is -0.478 e. The van der Waals surface area contributed by atoms with Gasteiger partial charge in [0.25, 0.3) is 0 Å². The molecule has 11 heteroatoms. The Hall–Kier alpha value is -3.89. The van der Waals surface area contributed by atoms with E-state index in [4.69, 9.17) is 10.5 Å². The first-order valence-electron chi connectivity index (χ1n) is 8.67. The van der Waals surface area contributed by atoms with Gasteiger partial charge in [-0.1, -0.05) is 12.1 Å². The number of carbonyl (C=O) groups excluding carboxylic acids is 3. The number of benzene rings is 1. The van der Waals surface area contributed by atoms with Crippen molar-refractivity contribution in [2.24, 2.45) is 5.73 Å².